The Labute approximate surface area is 237 Å². The topological polar surface area (TPSA) is 77.2 Å². The summed E-state index contributed by atoms with van der Waals surface area (Å²) >= 11 is 25.3. The third-order valence-corrected chi connectivity index (χ3v) is 7.41. The van der Waals surface area contributed by atoms with E-state index in [9.17, 15) is 9.90 Å². The molecule has 0 saturated carbocycles. The second kappa shape index (κ2) is 12.2. The van der Waals surface area contributed by atoms with Crippen LogP contribution in [0.4, 0.5) is 0 Å². The summed E-state index contributed by atoms with van der Waals surface area (Å²) in [6.45, 7) is 2.67. The Morgan fingerprint density at radius 2 is 1.70 bits per heavy atom. The number of halogens is 4. The summed E-state index contributed by atoms with van der Waals surface area (Å²) in [6.07, 6.45) is 1.50. The summed E-state index contributed by atoms with van der Waals surface area (Å²) in [7, 11) is 0. The van der Waals surface area contributed by atoms with E-state index in [2.05, 4.69) is 10.2 Å². The normalized spacial score (nSPS) is 11.5. The lowest BCUT2D eigenvalue weighted by atomic mass is 10.2. The molecule has 1 N–H and O–H groups in total. The Hall–Kier alpha value is -2.68. The summed E-state index contributed by atoms with van der Waals surface area (Å²) in [5, 5.41) is 20.8. The van der Waals surface area contributed by atoms with E-state index in [1.807, 2.05) is 23.6 Å². The maximum Gasteiger partial charge on any atom is 0.342 e. The number of rotatable bonds is 9. The lowest BCUT2D eigenvalue weighted by Gasteiger charge is -2.12. The average Bonchev–Trinajstić information content (AvgIpc) is 3.28. The molecule has 0 bridgehead atoms. The van der Waals surface area contributed by atoms with E-state index < -0.39 is 5.97 Å². The van der Waals surface area contributed by atoms with Crippen LogP contribution in [0.3, 0.4) is 0 Å². The molecule has 4 aromatic rings. The molecule has 0 aliphatic heterocycles. The van der Waals surface area contributed by atoms with Gasteiger partial charge >= 0.3 is 5.97 Å². The first-order valence-corrected chi connectivity index (χ1v) is 13.3. The minimum Gasteiger partial charge on any atom is -0.488 e. The number of hydrogen-bond acceptors (Lipinski definition) is 5. The van der Waals surface area contributed by atoms with Crippen molar-refractivity contribution in [2.45, 2.75) is 25.2 Å². The van der Waals surface area contributed by atoms with Crippen molar-refractivity contribution in [1.82, 2.24) is 14.8 Å². The molecule has 0 radical (unpaired) electrons. The molecule has 37 heavy (non-hydrogen) atoms. The van der Waals surface area contributed by atoms with Crippen molar-refractivity contribution in [2.75, 3.05) is 0 Å². The first-order chi connectivity index (χ1) is 17.7. The number of aromatic nitrogens is 3. The fourth-order valence-corrected chi connectivity index (χ4v) is 4.89. The second-order valence-corrected chi connectivity index (χ2v) is 10.4. The van der Waals surface area contributed by atoms with Gasteiger partial charge in [0.25, 0.3) is 0 Å². The van der Waals surface area contributed by atoms with Gasteiger partial charge in [0.05, 0.1) is 10.0 Å². The van der Waals surface area contributed by atoms with Crippen molar-refractivity contribution in [3.8, 4) is 17.1 Å². The predicted octanol–water partition coefficient (Wildman–Crippen LogP) is 8.38. The van der Waals surface area contributed by atoms with Crippen molar-refractivity contribution in [3.05, 3.63) is 96.8 Å². The molecule has 11 heteroatoms. The molecule has 0 fully saturated rings. The average molecular weight is 595 g/mol. The maximum absolute atomic E-state index is 12.2. The van der Waals surface area contributed by atoms with Gasteiger partial charge in [0.15, 0.2) is 11.0 Å². The van der Waals surface area contributed by atoms with E-state index in [1.54, 1.807) is 48.5 Å². The summed E-state index contributed by atoms with van der Waals surface area (Å²) in [5.41, 5.74) is 2.12. The van der Waals surface area contributed by atoms with Crippen LogP contribution in [0.2, 0.25) is 20.1 Å². The van der Waals surface area contributed by atoms with E-state index in [1.165, 1.54) is 6.08 Å². The Bertz CT molecular complexity index is 1470. The fourth-order valence-electron chi connectivity index (χ4n) is 3.39. The Kier molecular flexibility index (Phi) is 9.05. The zero-order valence-corrected chi connectivity index (χ0v) is 23.1. The van der Waals surface area contributed by atoms with Crippen LogP contribution in [0, 0.1) is 0 Å². The highest BCUT2D eigenvalue weighted by atomic mass is 35.5. The van der Waals surface area contributed by atoms with Crippen LogP contribution in [0.1, 0.15) is 18.1 Å². The van der Waals surface area contributed by atoms with E-state index in [0.29, 0.717) is 48.9 Å². The number of hydrogen-bond donors (Lipinski definition) is 1. The number of benzene rings is 3. The Morgan fingerprint density at radius 3 is 2.38 bits per heavy atom. The molecule has 190 valence electrons. The van der Waals surface area contributed by atoms with E-state index in [4.69, 9.17) is 51.1 Å². The van der Waals surface area contributed by atoms with Crippen LogP contribution < -0.4 is 4.74 Å². The fraction of sp³-hybridized carbons (Fsp3) is 0.115. The summed E-state index contributed by atoms with van der Waals surface area (Å²) in [6, 6.07) is 17.4. The smallest absolute Gasteiger partial charge is 0.342 e. The molecule has 0 amide bonds. The van der Waals surface area contributed by atoms with Gasteiger partial charge in [-0.3, -0.25) is 0 Å². The van der Waals surface area contributed by atoms with E-state index >= 15 is 0 Å². The molecule has 1 heterocycles. The Morgan fingerprint density at radius 1 is 0.973 bits per heavy atom. The lowest BCUT2D eigenvalue weighted by molar-refractivity contribution is -0.131. The molecule has 3 aromatic carbocycles. The summed E-state index contributed by atoms with van der Waals surface area (Å²) < 4.78 is 7.81. The highest BCUT2D eigenvalue weighted by Gasteiger charge is 2.19. The lowest BCUT2D eigenvalue weighted by Crippen LogP contribution is -2.03. The van der Waals surface area contributed by atoms with Gasteiger partial charge < -0.3 is 14.4 Å². The zero-order chi connectivity index (χ0) is 26.5. The highest BCUT2D eigenvalue weighted by molar-refractivity contribution is 8.04. The van der Waals surface area contributed by atoms with Gasteiger partial charge in [0.1, 0.15) is 17.3 Å². The standard InChI is InChI=1S/C26H19Cl4N3O3S/c1-2-33-24(16-4-6-18(27)7-5-16)31-32-26(33)37-23(25(34)35)13-17-12-19(28)8-10-22(17)36-14-15-3-9-20(29)21(30)11-15/h3-13H,2,14H2,1H3,(H,34,35)/b23-13-. The van der Waals surface area contributed by atoms with Crippen molar-refractivity contribution in [1.29, 1.82) is 0 Å². The predicted molar refractivity (Wildman–Crippen MR) is 150 cm³/mol. The van der Waals surface area contributed by atoms with E-state index in [-0.39, 0.29) is 11.5 Å². The largest absolute Gasteiger partial charge is 0.488 e. The third-order valence-electron chi connectivity index (χ3n) is 5.18. The molecule has 0 atom stereocenters. The SMILES string of the molecule is CCn1c(S/C(=C\c2cc(Cl)ccc2OCc2ccc(Cl)c(Cl)c2)C(=O)O)nnc1-c1ccc(Cl)cc1. The number of nitrogens with zero attached hydrogens (tertiary/aromatic N) is 3. The van der Waals surface area contributed by atoms with Gasteiger partial charge in [-0.05, 0) is 84.9 Å². The minimum absolute atomic E-state index is 0.0198. The molecule has 0 unspecified atom stereocenters. The van der Waals surface area contributed by atoms with Gasteiger partial charge in [-0.2, -0.15) is 0 Å². The monoisotopic (exact) mass is 593 g/mol. The first kappa shape index (κ1) is 27.4. The van der Waals surface area contributed by atoms with E-state index in [0.717, 1.165) is 22.9 Å². The number of carbonyl (C=O) groups is 1. The number of aliphatic carboxylic acids is 1. The molecule has 0 spiro atoms. The Balaban J connectivity index is 1.63. The quantitative estimate of drug-likeness (QED) is 0.155. The zero-order valence-electron chi connectivity index (χ0n) is 19.3. The molecule has 0 aliphatic rings. The summed E-state index contributed by atoms with van der Waals surface area (Å²) in [5.74, 6) is -0.0625. The van der Waals surface area contributed by atoms with Crippen LogP contribution in [0.15, 0.2) is 70.7 Å². The van der Waals surface area contributed by atoms with Crippen molar-refractivity contribution >= 4 is 70.2 Å². The second-order valence-electron chi connectivity index (χ2n) is 7.69. The molecule has 0 saturated heterocycles. The van der Waals surface area contributed by atoms with Crippen molar-refractivity contribution < 1.29 is 14.6 Å². The maximum atomic E-state index is 12.2. The van der Waals surface area contributed by atoms with Crippen molar-refractivity contribution in [2.24, 2.45) is 0 Å². The molecule has 6 nitrogen and oxygen atoms in total. The van der Waals surface area contributed by atoms with Crippen LogP contribution in [-0.2, 0) is 17.9 Å². The van der Waals surface area contributed by atoms with Crippen LogP contribution in [-0.4, -0.2) is 25.8 Å². The highest BCUT2D eigenvalue weighted by Crippen LogP contribution is 2.34. The van der Waals surface area contributed by atoms with Crippen molar-refractivity contribution in [3.63, 3.8) is 0 Å². The molecule has 1 aromatic heterocycles. The van der Waals surface area contributed by atoms with Gasteiger partial charge in [-0.1, -0.05) is 52.5 Å². The number of carboxylic acids is 1. The number of ether oxygens (including phenoxy) is 1. The molecule has 4 rings (SSSR count). The van der Waals surface area contributed by atoms with Gasteiger partial charge in [0.2, 0.25) is 0 Å². The number of thioether (sulfide) groups is 1. The number of carboxylic acid groups (broad SMARTS) is 1. The van der Waals surface area contributed by atoms with Crippen LogP contribution in [0.25, 0.3) is 17.5 Å². The van der Waals surface area contributed by atoms with Crippen LogP contribution >= 0.6 is 58.2 Å². The van der Waals surface area contributed by atoms with Crippen LogP contribution in [0.5, 0.6) is 5.75 Å². The molecular weight excluding hydrogens is 576 g/mol. The molecule has 0 aliphatic carbocycles. The third kappa shape index (κ3) is 6.80. The molecular formula is C26H19Cl4N3O3S. The first-order valence-electron chi connectivity index (χ1n) is 10.9. The summed E-state index contributed by atoms with van der Waals surface area (Å²) in [4.78, 5) is 12.2. The van der Waals surface area contributed by atoms with Gasteiger partial charge in [-0.25, -0.2) is 4.79 Å². The minimum atomic E-state index is -1.13. The van der Waals surface area contributed by atoms with Gasteiger partial charge in [0, 0.05) is 27.7 Å². The van der Waals surface area contributed by atoms with Gasteiger partial charge in [-0.15, -0.1) is 10.2 Å².